The maximum absolute atomic E-state index is 12.4. The molecule has 0 saturated carbocycles. The Balaban J connectivity index is 2.08. The highest BCUT2D eigenvalue weighted by molar-refractivity contribution is 6.22. The van der Waals surface area contributed by atoms with Crippen LogP contribution in [-0.2, 0) is 4.79 Å². The molecule has 0 fully saturated rings. The standard InChI is InChI=1S/C15H13NO3/c17-10-15(8-4-1-5-9-15)16-13(18)11-6-2-3-7-12(11)14(16)19/h1-4,6-7,10H,5,8-9H2. The summed E-state index contributed by atoms with van der Waals surface area (Å²) in [6.45, 7) is 0. The second kappa shape index (κ2) is 4.16. The van der Waals surface area contributed by atoms with Gasteiger partial charge in [0.15, 0.2) is 0 Å². The molecular formula is C15H13NO3. The van der Waals surface area contributed by atoms with E-state index in [2.05, 4.69) is 0 Å². The summed E-state index contributed by atoms with van der Waals surface area (Å²) in [5.74, 6) is -0.717. The maximum atomic E-state index is 12.4. The third-order valence-corrected chi connectivity index (χ3v) is 3.84. The molecule has 2 amide bonds. The molecule has 0 aromatic heterocycles. The van der Waals surface area contributed by atoms with Crippen LogP contribution in [0.1, 0.15) is 40.0 Å². The lowest BCUT2D eigenvalue weighted by Gasteiger charge is -2.36. The second-order valence-corrected chi connectivity index (χ2v) is 4.93. The predicted octanol–water partition coefficient (Wildman–Crippen LogP) is 1.96. The summed E-state index contributed by atoms with van der Waals surface area (Å²) >= 11 is 0. The number of hydrogen-bond donors (Lipinski definition) is 0. The molecule has 1 aliphatic carbocycles. The second-order valence-electron chi connectivity index (χ2n) is 4.93. The molecule has 0 radical (unpaired) electrons. The van der Waals surface area contributed by atoms with Gasteiger partial charge in [-0.2, -0.15) is 0 Å². The van der Waals surface area contributed by atoms with Gasteiger partial charge >= 0.3 is 0 Å². The molecule has 0 N–H and O–H groups in total. The molecule has 0 saturated heterocycles. The lowest BCUT2D eigenvalue weighted by Crippen LogP contribution is -2.53. The molecule has 1 aliphatic heterocycles. The summed E-state index contributed by atoms with van der Waals surface area (Å²) in [7, 11) is 0. The fourth-order valence-electron chi connectivity index (χ4n) is 2.80. The summed E-state index contributed by atoms with van der Waals surface area (Å²) < 4.78 is 0. The van der Waals surface area contributed by atoms with Crippen LogP contribution in [-0.4, -0.2) is 28.5 Å². The number of nitrogens with zero attached hydrogens (tertiary/aromatic N) is 1. The Labute approximate surface area is 110 Å². The first kappa shape index (κ1) is 11.8. The summed E-state index contributed by atoms with van der Waals surface area (Å²) in [5, 5.41) is 0. The van der Waals surface area contributed by atoms with Crippen molar-refractivity contribution in [2.75, 3.05) is 0 Å². The third kappa shape index (κ3) is 1.56. The van der Waals surface area contributed by atoms with Gasteiger partial charge in [-0.05, 0) is 31.4 Å². The molecule has 2 aliphatic rings. The van der Waals surface area contributed by atoms with Crippen LogP contribution in [0.5, 0.6) is 0 Å². The van der Waals surface area contributed by atoms with Crippen molar-refractivity contribution in [2.24, 2.45) is 0 Å². The van der Waals surface area contributed by atoms with Crippen LogP contribution in [0, 0.1) is 0 Å². The quantitative estimate of drug-likeness (QED) is 0.461. The Kier molecular flexibility index (Phi) is 2.59. The zero-order valence-electron chi connectivity index (χ0n) is 10.3. The molecule has 1 aromatic rings. The number of fused-ring (bicyclic) bond motifs is 1. The average Bonchev–Trinajstić information content (AvgIpc) is 2.73. The maximum Gasteiger partial charge on any atom is 0.262 e. The van der Waals surface area contributed by atoms with E-state index in [1.54, 1.807) is 24.3 Å². The highest BCUT2D eigenvalue weighted by atomic mass is 16.2. The van der Waals surface area contributed by atoms with Crippen LogP contribution in [0.25, 0.3) is 0 Å². The van der Waals surface area contributed by atoms with Crippen LogP contribution < -0.4 is 0 Å². The molecule has 1 unspecified atom stereocenters. The van der Waals surface area contributed by atoms with E-state index >= 15 is 0 Å². The van der Waals surface area contributed by atoms with Gasteiger partial charge in [0.2, 0.25) is 0 Å². The minimum atomic E-state index is -1.01. The number of rotatable bonds is 2. The first-order chi connectivity index (χ1) is 9.19. The molecule has 19 heavy (non-hydrogen) atoms. The number of allylic oxidation sites excluding steroid dienone is 1. The molecule has 1 atom stereocenters. The first-order valence-corrected chi connectivity index (χ1v) is 6.29. The Hall–Kier alpha value is -2.23. The normalized spacial score (nSPS) is 25.6. The monoisotopic (exact) mass is 255 g/mol. The Morgan fingerprint density at radius 3 is 2.16 bits per heavy atom. The topological polar surface area (TPSA) is 54.5 Å². The fraction of sp³-hybridized carbons (Fsp3) is 0.267. The van der Waals surface area contributed by atoms with Gasteiger partial charge in [-0.25, -0.2) is 0 Å². The van der Waals surface area contributed by atoms with E-state index < -0.39 is 5.54 Å². The summed E-state index contributed by atoms with van der Waals surface area (Å²) in [6.07, 6.45) is 6.19. The third-order valence-electron chi connectivity index (χ3n) is 3.84. The van der Waals surface area contributed by atoms with E-state index in [1.165, 1.54) is 0 Å². The van der Waals surface area contributed by atoms with Gasteiger partial charge in [-0.3, -0.25) is 14.5 Å². The lowest BCUT2D eigenvalue weighted by atomic mass is 9.85. The summed E-state index contributed by atoms with van der Waals surface area (Å²) in [6, 6.07) is 6.71. The van der Waals surface area contributed by atoms with Crippen molar-refractivity contribution < 1.29 is 14.4 Å². The minimum Gasteiger partial charge on any atom is -0.301 e. The largest absolute Gasteiger partial charge is 0.301 e. The van der Waals surface area contributed by atoms with Crippen molar-refractivity contribution in [1.29, 1.82) is 0 Å². The lowest BCUT2D eigenvalue weighted by molar-refractivity contribution is -0.116. The highest BCUT2D eigenvalue weighted by Crippen LogP contribution is 2.35. The predicted molar refractivity (Wildman–Crippen MR) is 68.7 cm³/mol. The van der Waals surface area contributed by atoms with Crippen molar-refractivity contribution >= 4 is 18.1 Å². The SMILES string of the molecule is O=CC1(N2C(=O)c3ccccc3C2=O)CC=CCC1. The zero-order valence-corrected chi connectivity index (χ0v) is 10.3. The summed E-state index contributed by atoms with van der Waals surface area (Å²) in [4.78, 5) is 37.5. The average molecular weight is 255 g/mol. The Morgan fingerprint density at radius 2 is 1.68 bits per heavy atom. The molecule has 4 nitrogen and oxygen atoms in total. The Bertz CT molecular complexity index is 570. The van der Waals surface area contributed by atoms with Gasteiger partial charge < -0.3 is 4.79 Å². The molecule has 3 rings (SSSR count). The minimum absolute atomic E-state index is 0.358. The van der Waals surface area contributed by atoms with E-state index in [1.807, 2.05) is 12.2 Å². The number of hydrogen-bond acceptors (Lipinski definition) is 3. The van der Waals surface area contributed by atoms with Gasteiger partial charge in [-0.1, -0.05) is 24.3 Å². The number of carbonyl (C=O) groups excluding carboxylic acids is 3. The van der Waals surface area contributed by atoms with Crippen molar-refractivity contribution in [3.63, 3.8) is 0 Å². The van der Waals surface area contributed by atoms with E-state index in [0.29, 0.717) is 30.4 Å². The smallest absolute Gasteiger partial charge is 0.262 e. The summed E-state index contributed by atoms with van der Waals surface area (Å²) in [5.41, 5.74) is -0.228. The number of amides is 2. The van der Waals surface area contributed by atoms with Crippen LogP contribution in [0.2, 0.25) is 0 Å². The number of imide groups is 1. The molecule has 0 spiro atoms. The molecule has 1 heterocycles. The Morgan fingerprint density at radius 1 is 1.05 bits per heavy atom. The van der Waals surface area contributed by atoms with Crippen molar-refractivity contribution in [2.45, 2.75) is 24.8 Å². The van der Waals surface area contributed by atoms with E-state index in [-0.39, 0.29) is 11.8 Å². The number of carbonyl (C=O) groups is 3. The van der Waals surface area contributed by atoms with Gasteiger partial charge in [0.05, 0.1) is 11.1 Å². The van der Waals surface area contributed by atoms with Crippen LogP contribution in [0.4, 0.5) is 0 Å². The van der Waals surface area contributed by atoms with E-state index in [0.717, 1.165) is 11.2 Å². The molecule has 4 heteroatoms. The van der Waals surface area contributed by atoms with E-state index in [9.17, 15) is 14.4 Å². The highest BCUT2D eigenvalue weighted by Gasteiger charge is 2.48. The van der Waals surface area contributed by atoms with Gasteiger partial charge in [-0.15, -0.1) is 0 Å². The molecule has 1 aromatic carbocycles. The molecule has 0 bridgehead atoms. The van der Waals surface area contributed by atoms with Crippen molar-refractivity contribution in [1.82, 2.24) is 4.90 Å². The van der Waals surface area contributed by atoms with E-state index in [4.69, 9.17) is 0 Å². The van der Waals surface area contributed by atoms with Crippen LogP contribution in [0.15, 0.2) is 36.4 Å². The van der Waals surface area contributed by atoms with Gasteiger partial charge in [0.25, 0.3) is 11.8 Å². The molecule has 96 valence electrons. The van der Waals surface area contributed by atoms with Gasteiger partial charge in [0, 0.05) is 0 Å². The number of benzene rings is 1. The van der Waals surface area contributed by atoms with Crippen LogP contribution >= 0.6 is 0 Å². The fourth-order valence-corrected chi connectivity index (χ4v) is 2.80. The first-order valence-electron chi connectivity index (χ1n) is 6.29. The van der Waals surface area contributed by atoms with Crippen molar-refractivity contribution in [3.8, 4) is 0 Å². The molecular weight excluding hydrogens is 242 g/mol. The number of aldehydes is 1. The van der Waals surface area contributed by atoms with Crippen molar-refractivity contribution in [3.05, 3.63) is 47.5 Å². The van der Waals surface area contributed by atoms with Gasteiger partial charge in [0.1, 0.15) is 11.8 Å². The zero-order chi connectivity index (χ0) is 13.5. The van der Waals surface area contributed by atoms with Crippen LogP contribution in [0.3, 0.4) is 0 Å².